The zero-order chi connectivity index (χ0) is 19.3. The van der Waals surface area contributed by atoms with Gasteiger partial charge in [-0.15, -0.1) is 11.3 Å². The molecule has 0 atom stereocenters. The van der Waals surface area contributed by atoms with Crippen molar-refractivity contribution < 1.29 is 14.6 Å². The molecule has 0 saturated heterocycles. The molecule has 8 heteroatoms. The molecule has 6 nitrogen and oxygen atoms in total. The number of halogens is 1. The number of benzene rings is 2. The number of aliphatic hydroxyl groups is 1. The SMILES string of the molecule is N=C1C(c2nc(-c3ccc(Cl)cc3)cs2)=C(O)CN1c1ccc2c(c1)OCO2. The van der Waals surface area contributed by atoms with Gasteiger partial charge in [-0.1, -0.05) is 23.7 Å². The molecule has 0 unspecified atom stereocenters. The van der Waals surface area contributed by atoms with Gasteiger partial charge in [-0.2, -0.15) is 0 Å². The topological polar surface area (TPSA) is 78.7 Å². The van der Waals surface area contributed by atoms with Crippen LogP contribution in [0.1, 0.15) is 5.01 Å². The Hall–Kier alpha value is -3.03. The second-order valence-corrected chi connectivity index (χ2v) is 7.63. The van der Waals surface area contributed by atoms with Gasteiger partial charge in [-0.05, 0) is 24.3 Å². The molecule has 0 aliphatic carbocycles. The summed E-state index contributed by atoms with van der Waals surface area (Å²) in [6, 6.07) is 12.9. The first-order chi connectivity index (χ1) is 13.6. The number of rotatable bonds is 3. The van der Waals surface area contributed by atoms with Crippen LogP contribution in [0.4, 0.5) is 5.69 Å². The van der Waals surface area contributed by atoms with E-state index in [2.05, 4.69) is 4.98 Å². The number of nitrogens with one attached hydrogen (secondary N) is 1. The molecule has 1 aromatic heterocycles. The Labute approximate surface area is 169 Å². The average Bonchev–Trinajstić information content (AvgIpc) is 3.41. The van der Waals surface area contributed by atoms with Crippen molar-refractivity contribution >= 4 is 40.0 Å². The molecular formula is C20H14ClN3O3S. The van der Waals surface area contributed by atoms with Crippen LogP contribution in [-0.4, -0.2) is 29.3 Å². The molecule has 2 aliphatic rings. The highest BCUT2D eigenvalue weighted by Gasteiger charge is 2.32. The molecule has 0 radical (unpaired) electrons. The Morgan fingerprint density at radius 2 is 1.89 bits per heavy atom. The Morgan fingerprint density at radius 3 is 2.71 bits per heavy atom. The number of thiazole rings is 1. The van der Waals surface area contributed by atoms with E-state index in [1.165, 1.54) is 11.3 Å². The van der Waals surface area contributed by atoms with Crippen molar-refractivity contribution in [3.05, 3.63) is 63.6 Å². The van der Waals surface area contributed by atoms with Crippen molar-refractivity contribution in [1.29, 1.82) is 5.41 Å². The Balaban J connectivity index is 1.44. The predicted molar refractivity (Wildman–Crippen MR) is 110 cm³/mol. The maximum Gasteiger partial charge on any atom is 0.231 e. The van der Waals surface area contributed by atoms with E-state index in [-0.39, 0.29) is 24.9 Å². The van der Waals surface area contributed by atoms with Crippen LogP contribution in [-0.2, 0) is 0 Å². The van der Waals surface area contributed by atoms with Gasteiger partial charge in [-0.25, -0.2) is 4.98 Å². The fourth-order valence-electron chi connectivity index (χ4n) is 3.22. The quantitative estimate of drug-likeness (QED) is 0.636. The Bertz CT molecular complexity index is 1120. The van der Waals surface area contributed by atoms with Gasteiger partial charge in [0, 0.05) is 27.7 Å². The van der Waals surface area contributed by atoms with Gasteiger partial charge in [0.15, 0.2) is 11.5 Å². The summed E-state index contributed by atoms with van der Waals surface area (Å²) in [5, 5.41) is 22.3. The molecule has 0 saturated carbocycles. The van der Waals surface area contributed by atoms with Crippen LogP contribution < -0.4 is 14.4 Å². The van der Waals surface area contributed by atoms with E-state index < -0.39 is 0 Å². The van der Waals surface area contributed by atoms with Crippen LogP contribution in [0.25, 0.3) is 16.8 Å². The van der Waals surface area contributed by atoms with Crippen molar-refractivity contribution in [2.75, 3.05) is 18.2 Å². The maximum absolute atomic E-state index is 10.5. The number of ether oxygens (including phenoxy) is 2. The van der Waals surface area contributed by atoms with Crippen LogP contribution >= 0.6 is 22.9 Å². The Morgan fingerprint density at radius 1 is 1.11 bits per heavy atom. The van der Waals surface area contributed by atoms with Crippen LogP contribution in [0.2, 0.25) is 5.02 Å². The molecule has 0 fully saturated rings. The molecule has 0 amide bonds. The lowest BCUT2D eigenvalue weighted by atomic mass is 10.2. The van der Waals surface area contributed by atoms with Crippen molar-refractivity contribution in [3.8, 4) is 22.8 Å². The molecule has 0 bridgehead atoms. The van der Waals surface area contributed by atoms with Crippen LogP contribution in [0.3, 0.4) is 0 Å². The number of aromatic nitrogens is 1. The molecule has 5 rings (SSSR count). The van der Waals surface area contributed by atoms with Crippen molar-refractivity contribution in [2.45, 2.75) is 0 Å². The monoisotopic (exact) mass is 411 g/mol. The largest absolute Gasteiger partial charge is 0.510 e. The fraction of sp³-hybridized carbons (Fsp3) is 0.100. The lowest BCUT2D eigenvalue weighted by molar-refractivity contribution is 0.174. The number of amidine groups is 1. The second kappa shape index (κ2) is 6.54. The van der Waals surface area contributed by atoms with Crippen molar-refractivity contribution in [2.24, 2.45) is 0 Å². The molecule has 2 aromatic carbocycles. The standard InChI is InChI=1S/C20H14ClN3O3S/c21-12-3-1-11(2-4-12)14-9-28-20(23-14)18-15(25)8-24(19(18)22)13-5-6-16-17(7-13)27-10-26-16/h1-7,9,22,25H,8,10H2. The number of anilines is 1. The van der Waals surface area contributed by atoms with Crippen molar-refractivity contribution in [1.82, 2.24) is 4.98 Å². The Kier molecular flexibility index (Phi) is 3.99. The first-order valence-corrected chi connectivity index (χ1v) is 9.76. The van der Waals surface area contributed by atoms with E-state index in [0.717, 1.165) is 16.9 Å². The third kappa shape index (κ3) is 2.80. The van der Waals surface area contributed by atoms with E-state index >= 15 is 0 Å². The summed E-state index contributed by atoms with van der Waals surface area (Å²) >= 11 is 7.34. The third-order valence-electron chi connectivity index (χ3n) is 4.63. The number of nitrogens with zero attached hydrogens (tertiary/aromatic N) is 2. The second-order valence-electron chi connectivity index (χ2n) is 6.34. The van der Waals surface area contributed by atoms with E-state index in [0.29, 0.717) is 27.1 Å². The zero-order valence-corrected chi connectivity index (χ0v) is 16.0. The molecule has 3 aromatic rings. The molecule has 3 heterocycles. The highest BCUT2D eigenvalue weighted by atomic mass is 35.5. The van der Waals surface area contributed by atoms with Gasteiger partial charge >= 0.3 is 0 Å². The van der Waals surface area contributed by atoms with Gasteiger partial charge in [-0.3, -0.25) is 5.41 Å². The third-order valence-corrected chi connectivity index (χ3v) is 5.74. The summed E-state index contributed by atoms with van der Waals surface area (Å²) in [6.45, 7) is 0.404. The van der Waals surface area contributed by atoms with Gasteiger partial charge in [0.25, 0.3) is 0 Å². The minimum Gasteiger partial charge on any atom is -0.510 e. The molecule has 28 heavy (non-hydrogen) atoms. The van der Waals surface area contributed by atoms with Gasteiger partial charge in [0.2, 0.25) is 6.79 Å². The molecule has 2 N–H and O–H groups in total. The van der Waals surface area contributed by atoms with Crippen LogP contribution in [0.5, 0.6) is 11.5 Å². The summed E-state index contributed by atoms with van der Waals surface area (Å²) in [4.78, 5) is 6.34. The first-order valence-electron chi connectivity index (χ1n) is 8.50. The first kappa shape index (κ1) is 17.1. The number of fused-ring (bicyclic) bond motifs is 1. The summed E-state index contributed by atoms with van der Waals surface area (Å²) < 4.78 is 10.8. The van der Waals surface area contributed by atoms with E-state index in [9.17, 15) is 5.11 Å². The van der Waals surface area contributed by atoms with Gasteiger partial charge in [0.1, 0.15) is 16.6 Å². The zero-order valence-electron chi connectivity index (χ0n) is 14.5. The predicted octanol–water partition coefficient (Wildman–Crippen LogP) is 4.96. The van der Waals surface area contributed by atoms with Crippen molar-refractivity contribution in [3.63, 3.8) is 0 Å². The number of hydrogen-bond acceptors (Lipinski definition) is 6. The van der Waals surface area contributed by atoms with E-state index in [4.69, 9.17) is 26.5 Å². The minimum atomic E-state index is 0.125. The fourth-order valence-corrected chi connectivity index (χ4v) is 4.24. The highest BCUT2D eigenvalue weighted by Crippen LogP contribution is 2.39. The lowest BCUT2D eigenvalue weighted by Gasteiger charge is -2.18. The van der Waals surface area contributed by atoms with Crippen LogP contribution in [0.15, 0.2) is 53.6 Å². The summed E-state index contributed by atoms with van der Waals surface area (Å²) in [6.07, 6.45) is 0. The molecular weight excluding hydrogens is 398 g/mol. The van der Waals surface area contributed by atoms with Crippen LogP contribution in [0, 0.1) is 5.41 Å². The average molecular weight is 412 g/mol. The lowest BCUT2D eigenvalue weighted by Crippen LogP contribution is -2.25. The summed E-state index contributed by atoms with van der Waals surface area (Å²) in [7, 11) is 0. The minimum absolute atomic E-state index is 0.125. The molecule has 2 aliphatic heterocycles. The highest BCUT2D eigenvalue weighted by molar-refractivity contribution is 7.11. The number of aliphatic hydroxyl groups excluding tert-OH is 1. The molecule has 0 spiro atoms. The molecule has 140 valence electrons. The smallest absolute Gasteiger partial charge is 0.231 e. The normalized spacial score (nSPS) is 15.6. The summed E-state index contributed by atoms with van der Waals surface area (Å²) in [5.74, 6) is 1.64. The number of hydrogen-bond donors (Lipinski definition) is 2. The van der Waals surface area contributed by atoms with E-state index in [1.807, 2.05) is 47.8 Å². The maximum atomic E-state index is 10.5. The summed E-state index contributed by atoms with van der Waals surface area (Å²) in [5.41, 5.74) is 2.92. The van der Waals surface area contributed by atoms with Gasteiger partial charge < -0.3 is 19.5 Å². The van der Waals surface area contributed by atoms with E-state index in [1.54, 1.807) is 4.90 Å². The van der Waals surface area contributed by atoms with Gasteiger partial charge in [0.05, 0.1) is 17.8 Å².